The molecule has 0 unspecified atom stereocenters. The number of likely N-dealkylation sites (tertiary alicyclic amines) is 1. The minimum atomic E-state index is -0.580. The van der Waals surface area contributed by atoms with Gasteiger partial charge in [0.25, 0.3) is 0 Å². The predicted molar refractivity (Wildman–Crippen MR) is 118 cm³/mol. The summed E-state index contributed by atoms with van der Waals surface area (Å²) >= 11 is 0. The average Bonchev–Trinajstić information content (AvgIpc) is 2.81. The molecule has 8 heteroatoms. The molecule has 1 amide bonds. The number of hydrogen-bond acceptors (Lipinski definition) is 5. The van der Waals surface area contributed by atoms with Gasteiger partial charge in [0.15, 0.2) is 0 Å². The fourth-order valence-corrected chi connectivity index (χ4v) is 4.19. The second-order valence-corrected chi connectivity index (χ2v) is 8.30. The van der Waals surface area contributed by atoms with Crippen molar-refractivity contribution in [2.24, 2.45) is 5.16 Å². The zero-order valence-electron chi connectivity index (χ0n) is 17.8. The molecule has 1 saturated carbocycles. The summed E-state index contributed by atoms with van der Waals surface area (Å²) in [6.45, 7) is 1.09. The van der Waals surface area contributed by atoms with E-state index in [0.29, 0.717) is 62.9 Å². The number of amides is 1. The Kier molecular flexibility index (Phi) is 6.87. The van der Waals surface area contributed by atoms with E-state index in [4.69, 9.17) is 15.3 Å². The first-order chi connectivity index (χ1) is 15.5. The number of benzene rings is 2. The molecule has 1 saturated heterocycles. The number of anilines is 1. The molecule has 32 heavy (non-hydrogen) atoms. The molecule has 0 spiro atoms. The van der Waals surface area contributed by atoms with Crippen LogP contribution >= 0.6 is 0 Å². The molecule has 2 fully saturated rings. The van der Waals surface area contributed by atoms with Crippen molar-refractivity contribution in [3.8, 4) is 5.75 Å². The number of hydrogen-bond donors (Lipinski definition) is 1. The molecule has 1 heterocycles. The Morgan fingerprint density at radius 3 is 2.38 bits per heavy atom. The van der Waals surface area contributed by atoms with E-state index in [9.17, 15) is 13.6 Å². The first-order valence-corrected chi connectivity index (χ1v) is 11.0. The number of oxime groups is 1. The highest BCUT2D eigenvalue weighted by Gasteiger charge is 2.27. The number of para-hydroxylation sites is 1. The molecular formula is C24H27F2N3O3. The van der Waals surface area contributed by atoms with E-state index in [1.54, 1.807) is 17.0 Å². The Labute approximate surface area is 186 Å². The molecule has 2 N–H and O–H groups in total. The number of nitrogen functional groups attached to an aromatic ring is 1. The third kappa shape index (κ3) is 5.36. The lowest BCUT2D eigenvalue weighted by Crippen LogP contribution is -2.42. The van der Waals surface area contributed by atoms with Gasteiger partial charge in [-0.15, -0.1) is 0 Å². The fraction of sp³-hybridized carbons (Fsp3) is 0.417. The van der Waals surface area contributed by atoms with Crippen LogP contribution in [-0.4, -0.2) is 35.9 Å². The van der Waals surface area contributed by atoms with Gasteiger partial charge in [0, 0.05) is 32.0 Å². The van der Waals surface area contributed by atoms with Crippen molar-refractivity contribution in [2.45, 2.75) is 50.5 Å². The predicted octanol–water partition coefficient (Wildman–Crippen LogP) is 5.24. The normalized spacial score (nSPS) is 19.5. The highest BCUT2D eigenvalue weighted by Crippen LogP contribution is 2.34. The lowest BCUT2D eigenvalue weighted by Gasteiger charge is -2.30. The van der Waals surface area contributed by atoms with Gasteiger partial charge in [-0.25, -0.2) is 13.6 Å². The SMILES string of the molecule is Nc1cc(F)c(C2CCC(=NOC3CCN(C(=O)Oc4ccccc4)CC3)CC2)cc1F. The molecule has 1 aliphatic heterocycles. The highest BCUT2D eigenvalue weighted by atomic mass is 19.1. The maximum absolute atomic E-state index is 14.2. The van der Waals surface area contributed by atoms with Gasteiger partial charge in [-0.2, -0.15) is 0 Å². The third-order valence-electron chi connectivity index (χ3n) is 6.10. The quantitative estimate of drug-likeness (QED) is 0.518. The van der Waals surface area contributed by atoms with E-state index in [2.05, 4.69) is 5.16 Å². The Morgan fingerprint density at radius 1 is 1.00 bits per heavy atom. The molecule has 0 bridgehead atoms. The second-order valence-electron chi connectivity index (χ2n) is 8.30. The molecule has 4 rings (SSSR count). The van der Waals surface area contributed by atoms with Gasteiger partial charge in [-0.1, -0.05) is 23.4 Å². The van der Waals surface area contributed by atoms with Gasteiger partial charge in [-0.05, 0) is 55.4 Å². The number of nitrogens with two attached hydrogens (primary N) is 1. The molecule has 2 aromatic carbocycles. The summed E-state index contributed by atoms with van der Waals surface area (Å²) in [5.74, 6) is -0.561. The van der Waals surface area contributed by atoms with Crippen molar-refractivity contribution in [3.05, 3.63) is 59.7 Å². The molecule has 0 aromatic heterocycles. The summed E-state index contributed by atoms with van der Waals surface area (Å²) in [7, 11) is 0. The van der Waals surface area contributed by atoms with Gasteiger partial charge in [0.05, 0.1) is 11.4 Å². The largest absolute Gasteiger partial charge is 0.415 e. The number of carbonyl (C=O) groups is 1. The minimum Gasteiger partial charge on any atom is -0.410 e. The van der Waals surface area contributed by atoms with Crippen molar-refractivity contribution < 1.29 is 23.1 Å². The van der Waals surface area contributed by atoms with Crippen LogP contribution in [0.4, 0.5) is 19.3 Å². The first kappa shape index (κ1) is 22.0. The van der Waals surface area contributed by atoms with Gasteiger partial charge >= 0.3 is 6.09 Å². The smallest absolute Gasteiger partial charge is 0.410 e. The van der Waals surface area contributed by atoms with E-state index < -0.39 is 11.6 Å². The van der Waals surface area contributed by atoms with Gasteiger partial charge in [0.2, 0.25) is 0 Å². The summed E-state index contributed by atoms with van der Waals surface area (Å²) in [6, 6.07) is 11.3. The standard InChI is InChI=1S/C24H27F2N3O3/c25-21-15-23(27)22(26)14-20(21)16-6-8-17(9-7-16)28-32-19-10-12-29(13-11-19)24(30)31-18-4-2-1-3-5-18/h1-5,14-16,19H,6-13,27H2. The van der Waals surface area contributed by atoms with Crippen LogP contribution in [-0.2, 0) is 4.84 Å². The van der Waals surface area contributed by atoms with Crippen molar-refractivity contribution >= 4 is 17.5 Å². The molecule has 2 aromatic rings. The Morgan fingerprint density at radius 2 is 1.69 bits per heavy atom. The number of rotatable bonds is 4. The van der Waals surface area contributed by atoms with Crippen molar-refractivity contribution in [3.63, 3.8) is 0 Å². The average molecular weight is 443 g/mol. The van der Waals surface area contributed by atoms with Gasteiger partial charge in [0.1, 0.15) is 23.5 Å². The number of piperidine rings is 1. The zero-order valence-corrected chi connectivity index (χ0v) is 17.8. The summed E-state index contributed by atoms with van der Waals surface area (Å²) in [4.78, 5) is 19.7. The van der Waals surface area contributed by atoms with E-state index in [-0.39, 0.29) is 23.8 Å². The fourth-order valence-electron chi connectivity index (χ4n) is 4.19. The monoisotopic (exact) mass is 443 g/mol. The lowest BCUT2D eigenvalue weighted by atomic mass is 9.83. The number of nitrogens with zero attached hydrogens (tertiary/aromatic N) is 2. The van der Waals surface area contributed by atoms with E-state index in [1.165, 1.54) is 6.07 Å². The van der Waals surface area contributed by atoms with Crippen LogP contribution in [0.25, 0.3) is 0 Å². The summed E-state index contributed by atoms with van der Waals surface area (Å²) in [5, 5.41) is 4.32. The Balaban J connectivity index is 1.22. The summed E-state index contributed by atoms with van der Waals surface area (Å²) in [6.07, 6.45) is 3.68. The van der Waals surface area contributed by atoms with Crippen LogP contribution in [0.2, 0.25) is 0 Å². The molecule has 2 aliphatic rings. The maximum Gasteiger partial charge on any atom is 0.415 e. The molecular weight excluding hydrogens is 416 g/mol. The molecule has 170 valence electrons. The van der Waals surface area contributed by atoms with Crippen LogP contribution in [0, 0.1) is 11.6 Å². The van der Waals surface area contributed by atoms with E-state index >= 15 is 0 Å². The van der Waals surface area contributed by atoms with E-state index in [1.807, 2.05) is 18.2 Å². The van der Waals surface area contributed by atoms with Crippen molar-refractivity contribution in [1.29, 1.82) is 0 Å². The number of carbonyl (C=O) groups excluding carboxylic acids is 1. The number of ether oxygens (including phenoxy) is 1. The Bertz CT molecular complexity index is 966. The van der Waals surface area contributed by atoms with Crippen LogP contribution < -0.4 is 10.5 Å². The Hall–Kier alpha value is -3.16. The van der Waals surface area contributed by atoms with Crippen LogP contribution in [0.1, 0.15) is 50.0 Å². The van der Waals surface area contributed by atoms with Crippen LogP contribution in [0.5, 0.6) is 5.75 Å². The lowest BCUT2D eigenvalue weighted by molar-refractivity contribution is 0.0134. The van der Waals surface area contributed by atoms with Crippen LogP contribution in [0.3, 0.4) is 0 Å². The minimum absolute atomic E-state index is 0.0513. The van der Waals surface area contributed by atoms with Crippen LogP contribution in [0.15, 0.2) is 47.6 Å². The molecule has 0 atom stereocenters. The van der Waals surface area contributed by atoms with Gasteiger partial charge < -0.3 is 20.2 Å². The molecule has 0 radical (unpaired) electrons. The summed E-state index contributed by atoms with van der Waals surface area (Å²) in [5.41, 5.74) is 6.58. The summed E-state index contributed by atoms with van der Waals surface area (Å²) < 4.78 is 33.3. The molecule has 1 aliphatic carbocycles. The molecule has 6 nitrogen and oxygen atoms in total. The van der Waals surface area contributed by atoms with E-state index in [0.717, 1.165) is 11.8 Å². The highest BCUT2D eigenvalue weighted by molar-refractivity contribution is 5.84. The third-order valence-corrected chi connectivity index (χ3v) is 6.10. The van der Waals surface area contributed by atoms with Gasteiger partial charge in [-0.3, -0.25) is 0 Å². The second kappa shape index (κ2) is 9.97. The van der Waals surface area contributed by atoms with Crippen molar-refractivity contribution in [1.82, 2.24) is 4.90 Å². The zero-order chi connectivity index (χ0) is 22.5. The van der Waals surface area contributed by atoms with Crippen molar-refractivity contribution in [2.75, 3.05) is 18.8 Å². The first-order valence-electron chi connectivity index (χ1n) is 11.0. The maximum atomic E-state index is 14.2. The topological polar surface area (TPSA) is 77.2 Å². The number of halogens is 2.